The molecule has 3 N–H and O–H groups in total. The van der Waals surface area contributed by atoms with E-state index in [1.54, 1.807) is 13.0 Å². The van der Waals surface area contributed by atoms with Crippen molar-refractivity contribution in [2.75, 3.05) is 5.43 Å². The number of hydrogen-bond acceptors (Lipinski definition) is 5. The van der Waals surface area contributed by atoms with Gasteiger partial charge in [0.1, 0.15) is 11.4 Å². The molecule has 0 unspecified atom stereocenters. The van der Waals surface area contributed by atoms with Crippen LogP contribution in [0.4, 0.5) is 10.1 Å². The van der Waals surface area contributed by atoms with Crippen LogP contribution < -0.4 is 11.3 Å². The monoisotopic (exact) mass is 208 g/mol. The second-order valence-corrected chi connectivity index (χ2v) is 3.03. The standard InChI is InChI=1S/C9H9FN4O/c1-5-2-9(15-14-5)7-3-6(10)8(13-11)4-12-7/h2-4,13H,11H2,1H3. The van der Waals surface area contributed by atoms with Crippen molar-refractivity contribution in [3.05, 3.63) is 29.8 Å². The summed E-state index contributed by atoms with van der Waals surface area (Å²) in [7, 11) is 0. The number of nitrogens with zero attached hydrogens (tertiary/aromatic N) is 2. The van der Waals surface area contributed by atoms with E-state index in [9.17, 15) is 4.39 Å². The van der Waals surface area contributed by atoms with Gasteiger partial charge in [0, 0.05) is 12.1 Å². The summed E-state index contributed by atoms with van der Waals surface area (Å²) in [5, 5.41) is 3.69. The fourth-order valence-corrected chi connectivity index (χ4v) is 1.16. The lowest BCUT2D eigenvalue weighted by atomic mass is 10.2. The Morgan fingerprint density at radius 1 is 1.47 bits per heavy atom. The van der Waals surface area contributed by atoms with E-state index >= 15 is 0 Å². The first-order valence-corrected chi connectivity index (χ1v) is 4.26. The van der Waals surface area contributed by atoms with E-state index in [4.69, 9.17) is 10.4 Å². The molecule has 0 spiro atoms. The van der Waals surface area contributed by atoms with Crippen LogP contribution in [0.15, 0.2) is 22.9 Å². The summed E-state index contributed by atoms with van der Waals surface area (Å²) in [5.74, 6) is 5.01. The first-order valence-electron chi connectivity index (χ1n) is 4.26. The average molecular weight is 208 g/mol. The molecule has 5 nitrogen and oxygen atoms in total. The smallest absolute Gasteiger partial charge is 0.185 e. The Bertz CT molecular complexity index is 483. The number of rotatable bonds is 2. The number of pyridine rings is 1. The third kappa shape index (κ3) is 1.79. The van der Waals surface area contributed by atoms with Crippen molar-refractivity contribution in [2.45, 2.75) is 6.92 Å². The fourth-order valence-electron chi connectivity index (χ4n) is 1.16. The van der Waals surface area contributed by atoms with Crippen LogP contribution in [-0.2, 0) is 0 Å². The average Bonchev–Trinajstić information content (AvgIpc) is 2.65. The number of nitrogens with two attached hydrogens (primary N) is 1. The SMILES string of the molecule is Cc1cc(-c2cc(F)c(NN)cn2)on1. The van der Waals surface area contributed by atoms with Gasteiger partial charge in [-0.2, -0.15) is 0 Å². The largest absolute Gasteiger partial charge is 0.354 e. The predicted molar refractivity (Wildman–Crippen MR) is 52.2 cm³/mol. The first-order chi connectivity index (χ1) is 7.20. The predicted octanol–water partition coefficient (Wildman–Crippen LogP) is 1.47. The zero-order valence-electron chi connectivity index (χ0n) is 7.99. The van der Waals surface area contributed by atoms with Gasteiger partial charge in [0.25, 0.3) is 0 Å². The molecule has 2 aromatic heterocycles. The highest BCUT2D eigenvalue weighted by molar-refractivity contribution is 5.56. The van der Waals surface area contributed by atoms with Crippen LogP contribution in [-0.4, -0.2) is 10.1 Å². The Hall–Kier alpha value is -1.95. The van der Waals surface area contributed by atoms with E-state index < -0.39 is 5.82 Å². The number of nitrogen functional groups attached to an aromatic ring is 1. The number of aryl methyl sites for hydroxylation is 1. The fraction of sp³-hybridized carbons (Fsp3) is 0.111. The highest BCUT2D eigenvalue weighted by Crippen LogP contribution is 2.21. The molecule has 0 aliphatic rings. The van der Waals surface area contributed by atoms with E-state index in [-0.39, 0.29) is 5.69 Å². The maximum absolute atomic E-state index is 13.3. The van der Waals surface area contributed by atoms with Crippen molar-refractivity contribution in [3.63, 3.8) is 0 Å². The summed E-state index contributed by atoms with van der Waals surface area (Å²) in [4.78, 5) is 3.98. The van der Waals surface area contributed by atoms with Crippen LogP contribution in [0.1, 0.15) is 5.69 Å². The van der Waals surface area contributed by atoms with Gasteiger partial charge in [-0.3, -0.25) is 10.8 Å². The minimum absolute atomic E-state index is 0.134. The molecule has 0 radical (unpaired) electrons. The van der Waals surface area contributed by atoms with Crippen LogP contribution in [0.2, 0.25) is 0 Å². The molecule has 2 aromatic rings. The van der Waals surface area contributed by atoms with E-state index in [0.29, 0.717) is 17.1 Å². The number of aromatic nitrogens is 2. The Balaban J connectivity index is 2.42. The van der Waals surface area contributed by atoms with Crippen LogP contribution >= 0.6 is 0 Å². The zero-order valence-corrected chi connectivity index (χ0v) is 7.99. The van der Waals surface area contributed by atoms with Gasteiger partial charge in [0.05, 0.1) is 11.9 Å². The minimum Gasteiger partial charge on any atom is -0.354 e. The lowest BCUT2D eigenvalue weighted by Gasteiger charge is -2.01. The Kier molecular flexibility index (Phi) is 2.34. The summed E-state index contributed by atoms with van der Waals surface area (Å²) >= 11 is 0. The first kappa shape index (κ1) is 9.60. The zero-order chi connectivity index (χ0) is 10.8. The Morgan fingerprint density at radius 3 is 2.80 bits per heavy atom. The van der Waals surface area contributed by atoms with Crippen molar-refractivity contribution < 1.29 is 8.91 Å². The van der Waals surface area contributed by atoms with Gasteiger partial charge in [0.15, 0.2) is 11.6 Å². The minimum atomic E-state index is -0.489. The maximum atomic E-state index is 13.3. The Morgan fingerprint density at radius 2 is 2.27 bits per heavy atom. The second-order valence-electron chi connectivity index (χ2n) is 3.03. The topological polar surface area (TPSA) is 77.0 Å². The molecule has 78 valence electrons. The van der Waals surface area contributed by atoms with Crippen molar-refractivity contribution >= 4 is 5.69 Å². The quantitative estimate of drug-likeness (QED) is 0.577. The summed E-state index contributed by atoms with van der Waals surface area (Å²) in [6, 6.07) is 2.91. The molecule has 2 heterocycles. The van der Waals surface area contributed by atoms with Gasteiger partial charge in [-0.1, -0.05) is 5.16 Å². The molecular weight excluding hydrogens is 199 g/mol. The highest BCUT2D eigenvalue weighted by Gasteiger charge is 2.09. The van der Waals surface area contributed by atoms with Gasteiger partial charge in [-0.25, -0.2) is 4.39 Å². The summed E-state index contributed by atoms with van der Waals surface area (Å²) in [6.07, 6.45) is 1.29. The van der Waals surface area contributed by atoms with Crippen LogP contribution in [0.3, 0.4) is 0 Å². The molecule has 0 atom stereocenters. The van der Waals surface area contributed by atoms with Crippen molar-refractivity contribution in [3.8, 4) is 11.5 Å². The van der Waals surface area contributed by atoms with Crippen molar-refractivity contribution in [2.24, 2.45) is 5.84 Å². The molecule has 2 rings (SSSR count). The van der Waals surface area contributed by atoms with E-state index in [2.05, 4.69) is 15.6 Å². The maximum Gasteiger partial charge on any atom is 0.185 e. The third-order valence-corrected chi connectivity index (χ3v) is 1.89. The van der Waals surface area contributed by atoms with Gasteiger partial charge in [-0.05, 0) is 6.92 Å². The highest BCUT2D eigenvalue weighted by atomic mass is 19.1. The molecule has 0 saturated heterocycles. The molecule has 0 saturated carbocycles. The number of nitrogens with one attached hydrogen (secondary N) is 1. The Labute approximate surface area is 85.1 Å². The number of hydrazine groups is 1. The van der Waals surface area contributed by atoms with E-state index in [0.717, 1.165) is 0 Å². The van der Waals surface area contributed by atoms with Crippen LogP contribution in [0.5, 0.6) is 0 Å². The van der Waals surface area contributed by atoms with E-state index in [1.807, 2.05) is 0 Å². The summed E-state index contributed by atoms with van der Waals surface area (Å²) in [6.45, 7) is 1.78. The summed E-state index contributed by atoms with van der Waals surface area (Å²) < 4.78 is 18.2. The van der Waals surface area contributed by atoms with Crippen LogP contribution in [0.25, 0.3) is 11.5 Å². The van der Waals surface area contributed by atoms with Gasteiger partial charge in [0.2, 0.25) is 0 Å². The van der Waals surface area contributed by atoms with Gasteiger partial charge in [-0.15, -0.1) is 0 Å². The molecule has 0 fully saturated rings. The molecule has 6 heteroatoms. The normalized spacial score (nSPS) is 10.3. The molecule has 15 heavy (non-hydrogen) atoms. The lowest BCUT2D eigenvalue weighted by Crippen LogP contribution is -2.08. The summed E-state index contributed by atoms with van der Waals surface area (Å²) in [5.41, 5.74) is 3.43. The van der Waals surface area contributed by atoms with Gasteiger partial charge < -0.3 is 9.95 Å². The molecule has 0 amide bonds. The molecule has 0 aliphatic heterocycles. The van der Waals surface area contributed by atoms with Crippen molar-refractivity contribution in [1.82, 2.24) is 10.1 Å². The van der Waals surface area contributed by atoms with E-state index in [1.165, 1.54) is 12.3 Å². The number of hydrogen-bond donors (Lipinski definition) is 2. The lowest BCUT2D eigenvalue weighted by molar-refractivity contribution is 0.425. The van der Waals surface area contributed by atoms with Crippen molar-refractivity contribution in [1.29, 1.82) is 0 Å². The number of anilines is 1. The van der Waals surface area contributed by atoms with Gasteiger partial charge >= 0.3 is 0 Å². The molecule has 0 aromatic carbocycles. The molecular formula is C9H9FN4O. The number of halogens is 1. The second kappa shape index (κ2) is 3.66. The molecule has 0 aliphatic carbocycles. The third-order valence-electron chi connectivity index (χ3n) is 1.89. The van der Waals surface area contributed by atoms with Crippen LogP contribution in [0, 0.1) is 12.7 Å². The molecule has 0 bridgehead atoms.